The Morgan fingerprint density at radius 1 is 0.923 bits per heavy atom. The summed E-state index contributed by atoms with van der Waals surface area (Å²) in [4.78, 5) is 19.2. The maximum absolute atomic E-state index is 12.6. The Balaban J connectivity index is 1.60. The Morgan fingerprint density at radius 3 is 2.23 bits per heavy atom. The van der Waals surface area contributed by atoms with Crippen LogP contribution in [0.1, 0.15) is 55.7 Å². The van der Waals surface area contributed by atoms with Gasteiger partial charge in [0, 0.05) is 25.4 Å². The highest BCUT2D eigenvalue weighted by molar-refractivity contribution is 5.77. The summed E-state index contributed by atoms with van der Waals surface area (Å²) in [5.41, 5.74) is 2.16. The highest BCUT2D eigenvalue weighted by atomic mass is 16.1. The van der Waals surface area contributed by atoms with Crippen molar-refractivity contribution < 1.29 is 4.79 Å². The van der Waals surface area contributed by atoms with Crippen LogP contribution in [-0.2, 0) is 4.79 Å². The molecular formula is C22H29N3O. The number of carbonyl (C=O) groups is 1. The van der Waals surface area contributed by atoms with Gasteiger partial charge in [0.1, 0.15) is 0 Å². The summed E-state index contributed by atoms with van der Waals surface area (Å²) in [5, 5.41) is 3.22. The number of nitrogens with zero attached hydrogens (tertiary/aromatic N) is 2. The van der Waals surface area contributed by atoms with Gasteiger partial charge in [-0.05, 0) is 49.2 Å². The van der Waals surface area contributed by atoms with Crippen LogP contribution in [0.2, 0.25) is 0 Å². The molecule has 0 unspecified atom stereocenters. The lowest BCUT2D eigenvalue weighted by molar-refractivity contribution is -0.122. The average molecular weight is 351 g/mol. The second kappa shape index (κ2) is 10.1. The molecule has 1 amide bonds. The number of pyridine rings is 1. The normalized spacial score (nSPS) is 17.1. The van der Waals surface area contributed by atoms with E-state index in [4.69, 9.17) is 0 Å². The average Bonchev–Trinajstić information content (AvgIpc) is 2.66. The quantitative estimate of drug-likeness (QED) is 0.857. The van der Waals surface area contributed by atoms with Crippen molar-refractivity contribution in [3.8, 4) is 0 Å². The smallest absolute Gasteiger partial charge is 0.222 e. The largest absolute Gasteiger partial charge is 0.345 e. The summed E-state index contributed by atoms with van der Waals surface area (Å²) in [6, 6.07) is 13.9. The number of nitrogens with one attached hydrogen (secondary N) is 1. The summed E-state index contributed by atoms with van der Waals surface area (Å²) in [6.07, 6.45) is 10.6. The van der Waals surface area contributed by atoms with Crippen LogP contribution in [0.4, 0.5) is 0 Å². The van der Waals surface area contributed by atoms with Crippen LogP contribution in [0.3, 0.4) is 0 Å². The molecule has 1 atom stereocenters. The summed E-state index contributed by atoms with van der Waals surface area (Å²) >= 11 is 0. The van der Waals surface area contributed by atoms with Gasteiger partial charge in [-0.15, -0.1) is 0 Å². The maximum Gasteiger partial charge on any atom is 0.222 e. The molecule has 0 saturated carbocycles. The van der Waals surface area contributed by atoms with Crippen molar-refractivity contribution >= 4 is 5.91 Å². The first-order chi connectivity index (χ1) is 12.8. The number of rotatable bonds is 6. The van der Waals surface area contributed by atoms with Gasteiger partial charge in [0.25, 0.3) is 0 Å². The molecule has 1 fully saturated rings. The van der Waals surface area contributed by atoms with Crippen LogP contribution < -0.4 is 5.32 Å². The molecule has 1 aliphatic rings. The Labute approximate surface area is 156 Å². The zero-order valence-corrected chi connectivity index (χ0v) is 15.4. The molecule has 1 aromatic heterocycles. The number of aromatic nitrogens is 1. The summed E-state index contributed by atoms with van der Waals surface area (Å²) in [6.45, 7) is 3.10. The summed E-state index contributed by atoms with van der Waals surface area (Å²) in [7, 11) is 0. The van der Waals surface area contributed by atoms with Crippen molar-refractivity contribution in [2.45, 2.75) is 44.6 Å². The molecule has 0 aliphatic carbocycles. The van der Waals surface area contributed by atoms with E-state index < -0.39 is 0 Å². The lowest BCUT2D eigenvalue weighted by Crippen LogP contribution is -2.34. The van der Waals surface area contributed by atoms with Gasteiger partial charge in [0.15, 0.2) is 0 Å². The van der Waals surface area contributed by atoms with Gasteiger partial charge in [-0.25, -0.2) is 0 Å². The van der Waals surface area contributed by atoms with E-state index in [1.54, 1.807) is 12.4 Å². The number of hydrogen-bond donors (Lipinski definition) is 1. The first kappa shape index (κ1) is 18.6. The molecule has 138 valence electrons. The van der Waals surface area contributed by atoms with Crippen molar-refractivity contribution in [2.24, 2.45) is 0 Å². The molecule has 0 bridgehead atoms. The number of amides is 1. The van der Waals surface area contributed by atoms with Crippen LogP contribution in [0, 0.1) is 0 Å². The molecule has 0 spiro atoms. The van der Waals surface area contributed by atoms with E-state index >= 15 is 0 Å². The fourth-order valence-electron chi connectivity index (χ4n) is 3.59. The van der Waals surface area contributed by atoms with Gasteiger partial charge in [-0.1, -0.05) is 49.6 Å². The molecule has 2 aromatic rings. The lowest BCUT2D eigenvalue weighted by atomic mass is 9.99. The molecular weight excluding hydrogens is 322 g/mol. The van der Waals surface area contributed by atoms with Crippen molar-refractivity contribution in [2.75, 3.05) is 19.6 Å². The fraction of sp³-hybridized carbons (Fsp3) is 0.455. The molecule has 26 heavy (non-hydrogen) atoms. The van der Waals surface area contributed by atoms with E-state index in [1.807, 2.05) is 30.3 Å². The second-order valence-electron chi connectivity index (χ2n) is 7.05. The molecule has 1 N–H and O–H groups in total. The van der Waals surface area contributed by atoms with E-state index in [0.717, 1.165) is 30.8 Å². The predicted octanol–water partition coefficient (Wildman–Crippen LogP) is 3.94. The number of benzene rings is 1. The maximum atomic E-state index is 12.6. The third-order valence-electron chi connectivity index (χ3n) is 5.08. The number of likely N-dealkylation sites (tertiary alicyclic amines) is 1. The minimum atomic E-state index is -0.126. The van der Waals surface area contributed by atoms with Gasteiger partial charge in [-0.3, -0.25) is 9.78 Å². The van der Waals surface area contributed by atoms with Crippen LogP contribution in [0.5, 0.6) is 0 Å². The minimum Gasteiger partial charge on any atom is -0.345 e. The standard InChI is InChI=1S/C22H29N3O/c26-21(13-18-25-16-7-2-1-3-8-17-25)24-22(19-9-5-4-6-10-19)20-11-14-23-15-12-20/h4-6,9-12,14-15,22H,1-3,7-8,13,16-18H2,(H,24,26)/t22-/m1/s1. The Bertz CT molecular complexity index is 612. The molecule has 0 radical (unpaired) electrons. The highest BCUT2D eigenvalue weighted by Gasteiger charge is 2.17. The second-order valence-corrected chi connectivity index (χ2v) is 7.05. The first-order valence-electron chi connectivity index (χ1n) is 9.79. The third-order valence-corrected chi connectivity index (χ3v) is 5.08. The van der Waals surface area contributed by atoms with Gasteiger partial charge in [0.2, 0.25) is 5.91 Å². The van der Waals surface area contributed by atoms with E-state index in [9.17, 15) is 4.79 Å². The van der Waals surface area contributed by atoms with Crippen molar-refractivity contribution in [1.82, 2.24) is 15.2 Å². The van der Waals surface area contributed by atoms with Crippen LogP contribution in [0.15, 0.2) is 54.9 Å². The van der Waals surface area contributed by atoms with Gasteiger partial charge < -0.3 is 10.2 Å². The van der Waals surface area contributed by atoms with Crippen molar-refractivity contribution in [3.05, 3.63) is 66.0 Å². The van der Waals surface area contributed by atoms with Crippen molar-refractivity contribution in [3.63, 3.8) is 0 Å². The van der Waals surface area contributed by atoms with Gasteiger partial charge in [-0.2, -0.15) is 0 Å². The van der Waals surface area contributed by atoms with Crippen molar-refractivity contribution in [1.29, 1.82) is 0 Å². The fourth-order valence-corrected chi connectivity index (χ4v) is 3.59. The van der Waals surface area contributed by atoms with Crippen LogP contribution in [0.25, 0.3) is 0 Å². The van der Waals surface area contributed by atoms with Crippen LogP contribution in [-0.4, -0.2) is 35.4 Å². The van der Waals surface area contributed by atoms with E-state index in [-0.39, 0.29) is 11.9 Å². The molecule has 4 nitrogen and oxygen atoms in total. The zero-order valence-electron chi connectivity index (χ0n) is 15.4. The van der Waals surface area contributed by atoms with E-state index in [2.05, 4.69) is 27.3 Å². The molecule has 3 rings (SSSR count). The highest BCUT2D eigenvalue weighted by Crippen LogP contribution is 2.21. The molecule has 1 saturated heterocycles. The topological polar surface area (TPSA) is 45.2 Å². The molecule has 2 heterocycles. The van der Waals surface area contributed by atoms with E-state index in [1.165, 1.54) is 32.1 Å². The Hall–Kier alpha value is -2.20. The number of carbonyl (C=O) groups excluding carboxylic acids is 1. The predicted molar refractivity (Wildman–Crippen MR) is 105 cm³/mol. The first-order valence-corrected chi connectivity index (χ1v) is 9.79. The Kier molecular flexibility index (Phi) is 7.20. The van der Waals surface area contributed by atoms with E-state index in [0.29, 0.717) is 6.42 Å². The monoisotopic (exact) mass is 351 g/mol. The summed E-state index contributed by atoms with van der Waals surface area (Å²) in [5.74, 6) is 0.109. The molecule has 4 heteroatoms. The van der Waals surface area contributed by atoms with Gasteiger partial charge >= 0.3 is 0 Å². The molecule has 1 aromatic carbocycles. The SMILES string of the molecule is O=C(CCN1CCCCCCC1)N[C@H](c1ccccc1)c1ccncc1. The third kappa shape index (κ3) is 5.67. The van der Waals surface area contributed by atoms with Crippen LogP contribution >= 0.6 is 0 Å². The zero-order chi connectivity index (χ0) is 18.0. The summed E-state index contributed by atoms with van der Waals surface area (Å²) < 4.78 is 0. The molecule has 1 aliphatic heterocycles. The minimum absolute atomic E-state index is 0.109. The number of hydrogen-bond acceptors (Lipinski definition) is 3. The van der Waals surface area contributed by atoms with Gasteiger partial charge in [0.05, 0.1) is 6.04 Å². The lowest BCUT2D eigenvalue weighted by Gasteiger charge is -2.25. The Morgan fingerprint density at radius 2 is 1.54 bits per heavy atom.